The zero-order valence-electron chi connectivity index (χ0n) is 21.6. The SMILES string of the molecule is COc1cccc(C[C@H](C2CCN(Cc3cc(OC)ccc3OC)CC2)N(C)C(=O)c2ccco2)c1. The fraction of sp³-hybridized carbons (Fsp3) is 0.414. The third-order valence-corrected chi connectivity index (χ3v) is 7.19. The molecule has 7 heteroatoms. The number of hydrogen-bond acceptors (Lipinski definition) is 6. The Labute approximate surface area is 213 Å². The number of carbonyl (C=O) groups is 1. The Balaban J connectivity index is 1.48. The Morgan fingerprint density at radius 3 is 2.42 bits per heavy atom. The molecule has 4 rings (SSSR count). The van der Waals surface area contributed by atoms with E-state index < -0.39 is 0 Å². The summed E-state index contributed by atoms with van der Waals surface area (Å²) in [6, 6.07) is 17.6. The lowest BCUT2D eigenvalue weighted by molar-refractivity contribution is 0.0555. The van der Waals surface area contributed by atoms with E-state index in [9.17, 15) is 4.79 Å². The van der Waals surface area contributed by atoms with Gasteiger partial charge in [-0.1, -0.05) is 12.1 Å². The van der Waals surface area contributed by atoms with Gasteiger partial charge in [0.1, 0.15) is 17.2 Å². The van der Waals surface area contributed by atoms with Gasteiger partial charge in [0, 0.05) is 25.2 Å². The fourth-order valence-electron chi connectivity index (χ4n) is 5.13. The molecule has 1 aliphatic heterocycles. The molecule has 1 aliphatic rings. The first-order valence-corrected chi connectivity index (χ1v) is 12.4. The molecule has 2 aromatic carbocycles. The van der Waals surface area contributed by atoms with Gasteiger partial charge in [0.15, 0.2) is 5.76 Å². The molecular formula is C29H36N2O5. The molecule has 0 saturated carbocycles. The van der Waals surface area contributed by atoms with Gasteiger partial charge in [-0.3, -0.25) is 9.69 Å². The van der Waals surface area contributed by atoms with Crippen LogP contribution >= 0.6 is 0 Å². The van der Waals surface area contributed by atoms with Crippen LogP contribution in [0.5, 0.6) is 17.2 Å². The van der Waals surface area contributed by atoms with Gasteiger partial charge in [-0.15, -0.1) is 0 Å². The number of rotatable bonds is 10. The maximum atomic E-state index is 13.2. The lowest BCUT2D eigenvalue weighted by Gasteiger charge is -2.40. The summed E-state index contributed by atoms with van der Waals surface area (Å²) in [7, 11) is 6.95. The van der Waals surface area contributed by atoms with Crippen molar-refractivity contribution >= 4 is 5.91 Å². The predicted octanol–water partition coefficient (Wildman–Crippen LogP) is 4.90. The van der Waals surface area contributed by atoms with Gasteiger partial charge < -0.3 is 23.5 Å². The van der Waals surface area contributed by atoms with E-state index >= 15 is 0 Å². The Hall–Kier alpha value is -3.45. The molecule has 192 valence electrons. The van der Waals surface area contributed by atoms with Crippen molar-refractivity contribution in [2.75, 3.05) is 41.5 Å². The molecule has 0 bridgehead atoms. The molecule has 1 aromatic heterocycles. The number of benzene rings is 2. The van der Waals surface area contributed by atoms with Crippen LogP contribution in [-0.2, 0) is 13.0 Å². The van der Waals surface area contributed by atoms with Crippen LogP contribution in [0.1, 0.15) is 34.5 Å². The van der Waals surface area contributed by atoms with Crippen molar-refractivity contribution in [3.8, 4) is 17.2 Å². The average Bonchev–Trinajstić information content (AvgIpc) is 3.47. The van der Waals surface area contributed by atoms with Gasteiger partial charge in [0.05, 0.1) is 27.6 Å². The van der Waals surface area contributed by atoms with Gasteiger partial charge >= 0.3 is 0 Å². The summed E-state index contributed by atoms with van der Waals surface area (Å²) in [5, 5.41) is 0. The maximum absolute atomic E-state index is 13.2. The highest BCUT2D eigenvalue weighted by Gasteiger charge is 2.33. The number of nitrogens with zero attached hydrogens (tertiary/aromatic N) is 2. The topological polar surface area (TPSA) is 64.4 Å². The van der Waals surface area contributed by atoms with Gasteiger partial charge in [-0.2, -0.15) is 0 Å². The van der Waals surface area contributed by atoms with Crippen LogP contribution in [0, 0.1) is 5.92 Å². The van der Waals surface area contributed by atoms with Crippen molar-refractivity contribution < 1.29 is 23.4 Å². The first-order valence-electron chi connectivity index (χ1n) is 12.4. The van der Waals surface area contributed by atoms with E-state index in [4.69, 9.17) is 18.6 Å². The van der Waals surface area contributed by atoms with Crippen LogP contribution in [0.3, 0.4) is 0 Å². The van der Waals surface area contributed by atoms with Crippen molar-refractivity contribution in [1.29, 1.82) is 0 Å². The fourth-order valence-corrected chi connectivity index (χ4v) is 5.13. The molecule has 0 radical (unpaired) electrons. The van der Waals surface area contributed by atoms with Crippen LogP contribution in [0.2, 0.25) is 0 Å². The van der Waals surface area contributed by atoms with Crippen LogP contribution in [-0.4, -0.2) is 63.2 Å². The number of likely N-dealkylation sites (N-methyl/N-ethyl adjacent to an activating group) is 1. The minimum absolute atomic E-state index is 0.0446. The number of carbonyl (C=O) groups excluding carboxylic acids is 1. The summed E-state index contributed by atoms with van der Waals surface area (Å²) in [5.74, 6) is 3.18. The highest BCUT2D eigenvalue weighted by Crippen LogP contribution is 2.31. The molecule has 1 fully saturated rings. The second-order valence-electron chi connectivity index (χ2n) is 9.31. The summed E-state index contributed by atoms with van der Waals surface area (Å²) in [6.45, 7) is 2.69. The van der Waals surface area contributed by atoms with E-state index in [1.54, 1.807) is 39.7 Å². The highest BCUT2D eigenvalue weighted by atomic mass is 16.5. The molecule has 1 atom stereocenters. The van der Waals surface area contributed by atoms with E-state index in [1.807, 2.05) is 42.3 Å². The zero-order chi connectivity index (χ0) is 25.5. The van der Waals surface area contributed by atoms with E-state index in [0.29, 0.717) is 11.7 Å². The van der Waals surface area contributed by atoms with Crippen LogP contribution < -0.4 is 14.2 Å². The molecule has 3 aromatic rings. The maximum Gasteiger partial charge on any atom is 0.289 e. The smallest absolute Gasteiger partial charge is 0.289 e. The average molecular weight is 493 g/mol. The molecule has 0 N–H and O–H groups in total. The number of methoxy groups -OCH3 is 3. The lowest BCUT2D eigenvalue weighted by atomic mass is 9.84. The molecule has 1 saturated heterocycles. The Kier molecular flexibility index (Phi) is 8.54. The summed E-state index contributed by atoms with van der Waals surface area (Å²) in [5.41, 5.74) is 2.27. The number of hydrogen-bond donors (Lipinski definition) is 0. The van der Waals surface area contributed by atoms with Crippen molar-refractivity contribution in [2.45, 2.75) is 31.8 Å². The normalized spacial score (nSPS) is 15.3. The van der Waals surface area contributed by atoms with Gasteiger partial charge in [0.2, 0.25) is 0 Å². The first-order chi connectivity index (χ1) is 17.5. The predicted molar refractivity (Wildman–Crippen MR) is 139 cm³/mol. The summed E-state index contributed by atoms with van der Waals surface area (Å²) < 4.78 is 21.9. The molecular weight excluding hydrogens is 456 g/mol. The lowest BCUT2D eigenvalue weighted by Crippen LogP contribution is -2.47. The van der Waals surface area contributed by atoms with Gasteiger partial charge in [-0.05, 0) is 86.3 Å². The quantitative estimate of drug-likeness (QED) is 0.401. The van der Waals surface area contributed by atoms with Gasteiger partial charge in [-0.25, -0.2) is 0 Å². The van der Waals surface area contributed by atoms with Crippen molar-refractivity contribution in [2.24, 2.45) is 5.92 Å². The van der Waals surface area contributed by atoms with Crippen LogP contribution in [0.15, 0.2) is 65.3 Å². The number of furan rings is 1. The number of piperidine rings is 1. The highest BCUT2D eigenvalue weighted by molar-refractivity contribution is 5.91. The minimum atomic E-state index is -0.0866. The third kappa shape index (κ3) is 6.02. The largest absolute Gasteiger partial charge is 0.497 e. The summed E-state index contributed by atoms with van der Waals surface area (Å²) >= 11 is 0. The van der Waals surface area contributed by atoms with Crippen molar-refractivity contribution in [3.63, 3.8) is 0 Å². The van der Waals surface area contributed by atoms with E-state index in [0.717, 1.165) is 67.3 Å². The second kappa shape index (κ2) is 12.0. The number of ether oxygens (including phenoxy) is 3. The molecule has 0 spiro atoms. The Morgan fingerprint density at radius 1 is 1.00 bits per heavy atom. The molecule has 1 amide bonds. The Morgan fingerprint density at radius 2 is 1.75 bits per heavy atom. The number of amides is 1. The Bertz CT molecular complexity index is 1120. The third-order valence-electron chi connectivity index (χ3n) is 7.19. The molecule has 7 nitrogen and oxygen atoms in total. The van der Waals surface area contributed by atoms with Crippen molar-refractivity contribution in [1.82, 2.24) is 9.80 Å². The van der Waals surface area contributed by atoms with Crippen LogP contribution in [0.25, 0.3) is 0 Å². The molecule has 36 heavy (non-hydrogen) atoms. The second-order valence-corrected chi connectivity index (χ2v) is 9.31. The first kappa shape index (κ1) is 25.6. The van der Waals surface area contributed by atoms with Crippen LogP contribution in [0.4, 0.5) is 0 Å². The van der Waals surface area contributed by atoms with E-state index in [2.05, 4.69) is 17.0 Å². The molecule has 0 unspecified atom stereocenters. The minimum Gasteiger partial charge on any atom is -0.497 e. The summed E-state index contributed by atoms with van der Waals surface area (Å²) in [6.07, 6.45) is 4.30. The van der Waals surface area contributed by atoms with E-state index in [1.165, 1.54) is 0 Å². The molecule has 2 heterocycles. The van der Waals surface area contributed by atoms with Crippen molar-refractivity contribution in [3.05, 3.63) is 77.7 Å². The number of likely N-dealkylation sites (tertiary alicyclic amines) is 1. The standard InChI is InChI=1S/C29H36N2O5/c1-30(29(32)28-9-6-16-36-28)26(18-21-7-5-8-24(17-21)33-2)22-12-14-31(15-13-22)20-23-19-25(34-3)10-11-27(23)35-4/h5-11,16-17,19,22,26H,12-15,18,20H2,1-4H3/t26-/m1/s1. The zero-order valence-corrected chi connectivity index (χ0v) is 21.6. The molecule has 0 aliphatic carbocycles. The van der Waals surface area contributed by atoms with Gasteiger partial charge in [0.25, 0.3) is 5.91 Å². The monoisotopic (exact) mass is 492 g/mol. The van der Waals surface area contributed by atoms with E-state index in [-0.39, 0.29) is 11.9 Å². The summed E-state index contributed by atoms with van der Waals surface area (Å²) in [4.78, 5) is 17.5.